The molecule has 6 heteroatoms. The van der Waals surface area contributed by atoms with Crippen molar-refractivity contribution in [2.75, 3.05) is 11.9 Å². The number of carbonyl (C=O) groups is 3. The minimum absolute atomic E-state index is 0.412. The lowest BCUT2D eigenvalue weighted by Gasteiger charge is -2.18. The first kappa shape index (κ1) is 19.8. The molecular formula is C23H20N2O4. The standard InChI is InChI=1S/C23H20N2O4/c26-20(24-19-14-8-3-9-15-19)16-29-23(28)21(17-10-4-1-5-11-17)25-22(27)18-12-6-2-7-13-18/h1-15,21H,16H2,(H,24,26)(H,25,27). The van der Waals surface area contributed by atoms with Gasteiger partial charge in [0.25, 0.3) is 11.8 Å². The average Bonchev–Trinajstić information content (AvgIpc) is 2.77. The molecule has 0 aromatic heterocycles. The molecule has 1 unspecified atom stereocenters. The van der Waals surface area contributed by atoms with Crippen LogP contribution in [-0.4, -0.2) is 24.4 Å². The van der Waals surface area contributed by atoms with E-state index in [0.29, 0.717) is 16.8 Å². The third-order valence-corrected chi connectivity index (χ3v) is 4.08. The Hall–Kier alpha value is -3.93. The summed E-state index contributed by atoms with van der Waals surface area (Å²) in [6.45, 7) is -0.460. The molecule has 3 aromatic carbocycles. The van der Waals surface area contributed by atoms with E-state index in [4.69, 9.17) is 4.74 Å². The molecule has 0 bridgehead atoms. The van der Waals surface area contributed by atoms with Crippen molar-refractivity contribution in [2.24, 2.45) is 0 Å². The highest BCUT2D eigenvalue weighted by molar-refractivity contribution is 5.97. The first-order valence-corrected chi connectivity index (χ1v) is 9.06. The van der Waals surface area contributed by atoms with Gasteiger partial charge >= 0.3 is 5.97 Å². The number of hydrogen-bond donors (Lipinski definition) is 2. The largest absolute Gasteiger partial charge is 0.454 e. The van der Waals surface area contributed by atoms with E-state index in [9.17, 15) is 14.4 Å². The molecule has 0 aliphatic heterocycles. The lowest BCUT2D eigenvalue weighted by Crippen LogP contribution is -2.36. The highest BCUT2D eigenvalue weighted by Gasteiger charge is 2.25. The van der Waals surface area contributed by atoms with Gasteiger partial charge in [-0.25, -0.2) is 4.79 Å². The Morgan fingerprint density at radius 2 is 1.31 bits per heavy atom. The average molecular weight is 388 g/mol. The Kier molecular flexibility index (Phi) is 6.73. The smallest absolute Gasteiger partial charge is 0.333 e. The van der Waals surface area contributed by atoms with Gasteiger partial charge < -0.3 is 15.4 Å². The van der Waals surface area contributed by atoms with Crippen LogP contribution in [-0.2, 0) is 14.3 Å². The molecule has 6 nitrogen and oxygen atoms in total. The van der Waals surface area contributed by atoms with Crippen molar-refractivity contribution < 1.29 is 19.1 Å². The summed E-state index contributed by atoms with van der Waals surface area (Å²) in [5.41, 5.74) is 1.58. The lowest BCUT2D eigenvalue weighted by atomic mass is 10.1. The maximum atomic E-state index is 12.7. The molecule has 0 spiro atoms. The minimum Gasteiger partial charge on any atom is -0.454 e. The van der Waals surface area contributed by atoms with Crippen molar-refractivity contribution in [2.45, 2.75) is 6.04 Å². The molecule has 0 saturated carbocycles. The minimum atomic E-state index is -1.03. The van der Waals surface area contributed by atoms with Gasteiger partial charge in [0.2, 0.25) is 0 Å². The van der Waals surface area contributed by atoms with Crippen molar-refractivity contribution in [1.82, 2.24) is 5.32 Å². The van der Waals surface area contributed by atoms with Crippen molar-refractivity contribution >= 4 is 23.5 Å². The quantitative estimate of drug-likeness (QED) is 0.608. The summed E-state index contributed by atoms with van der Waals surface area (Å²) in [5.74, 6) is -1.60. The van der Waals surface area contributed by atoms with Crippen molar-refractivity contribution in [3.8, 4) is 0 Å². The number of amides is 2. The second-order valence-electron chi connectivity index (χ2n) is 6.21. The van der Waals surface area contributed by atoms with Gasteiger partial charge in [0.15, 0.2) is 12.6 Å². The molecule has 3 rings (SSSR count). The summed E-state index contributed by atoms with van der Waals surface area (Å²) in [5, 5.41) is 5.32. The Balaban J connectivity index is 1.66. The Morgan fingerprint density at radius 3 is 1.93 bits per heavy atom. The topological polar surface area (TPSA) is 84.5 Å². The van der Waals surface area contributed by atoms with Gasteiger partial charge in [-0.1, -0.05) is 66.7 Å². The van der Waals surface area contributed by atoms with E-state index in [1.165, 1.54) is 0 Å². The van der Waals surface area contributed by atoms with Crippen molar-refractivity contribution in [3.63, 3.8) is 0 Å². The normalized spacial score (nSPS) is 11.2. The number of para-hydroxylation sites is 1. The number of hydrogen-bond acceptors (Lipinski definition) is 4. The van der Waals surface area contributed by atoms with Gasteiger partial charge in [-0.2, -0.15) is 0 Å². The third-order valence-electron chi connectivity index (χ3n) is 4.08. The molecule has 146 valence electrons. The summed E-state index contributed by atoms with van der Waals surface area (Å²) < 4.78 is 5.16. The maximum absolute atomic E-state index is 12.7. The zero-order valence-electron chi connectivity index (χ0n) is 15.6. The van der Waals surface area contributed by atoms with Gasteiger partial charge in [0.05, 0.1) is 0 Å². The fourth-order valence-corrected chi connectivity index (χ4v) is 2.67. The van der Waals surface area contributed by atoms with E-state index in [1.54, 1.807) is 84.9 Å². The molecule has 0 heterocycles. The van der Waals surface area contributed by atoms with Crippen molar-refractivity contribution in [3.05, 3.63) is 102 Å². The summed E-state index contributed by atoms with van der Waals surface area (Å²) in [4.78, 5) is 37.2. The first-order chi connectivity index (χ1) is 14.1. The van der Waals surface area contributed by atoms with Crippen LogP contribution in [0.3, 0.4) is 0 Å². The van der Waals surface area contributed by atoms with E-state index in [0.717, 1.165) is 0 Å². The zero-order chi connectivity index (χ0) is 20.5. The molecule has 2 amide bonds. The van der Waals surface area contributed by atoms with Gasteiger partial charge in [-0.05, 0) is 29.8 Å². The lowest BCUT2D eigenvalue weighted by molar-refractivity contribution is -0.149. The van der Waals surface area contributed by atoms with E-state index in [1.807, 2.05) is 6.07 Å². The first-order valence-electron chi connectivity index (χ1n) is 9.06. The van der Waals surface area contributed by atoms with E-state index < -0.39 is 30.4 Å². The van der Waals surface area contributed by atoms with Gasteiger partial charge in [0, 0.05) is 11.3 Å². The summed E-state index contributed by atoms with van der Waals surface area (Å²) in [6.07, 6.45) is 0. The number of esters is 1. The molecule has 3 aromatic rings. The van der Waals surface area contributed by atoms with Crippen LogP contribution >= 0.6 is 0 Å². The molecule has 0 radical (unpaired) electrons. The number of anilines is 1. The monoisotopic (exact) mass is 388 g/mol. The van der Waals surface area contributed by atoms with Crippen LogP contribution in [0.5, 0.6) is 0 Å². The fourth-order valence-electron chi connectivity index (χ4n) is 2.67. The van der Waals surface area contributed by atoms with Crippen LogP contribution < -0.4 is 10.6 Å². The fraction of sp³-hybridized carbons (Fsp3) is 0.0870. The van der Waals surface area contributed by atoms with Crippen LogP contribution in [0, 0.1) is 0 Å². The van der Waals surface area contributed by atoms with Gasteiger partial charge in [-0.15, -0.1) is 0 Å². The predicted molar refractivity (Wildman–Crippen MR) is 109 cm³/mol. The number of nitrogens with one attached hydrogen (secondary N) is 2. The van der Waals surface area contributed by atoms with E-state index in [2.05, 4.69) is 10.6 Å². The van der Waals surface area contributed by atoms with Crippen LogP contribution in [0.15, 0.2) is 91.0 Å². The predicted octanol–water partition coefficient (Wildman–Crippen LogP) is 3.34. The number of ether oxygens (including phenoxy) is 1. The SMILES string of the molecule is O=C(COC(=O)C(NC(=O)c1ccccc1)c1ccccc1)Nc1ccccc1. The van der Waals surface area contributed by atoms with Crippen LogP contribution in [0.4, 0.5) is 5.69 Å². The third kappa shape index (κ3) is 5.77. The van der Waals surface area contributed by atoms with Gasteiger partial charge in [-0.3, -0.25) is 9.59 Å². The van der Waals surface area contributed by atoms with E-state index in [-0.39, 0.29) is 0 Å². The molecular weight excluding hydrogens is 368 g/mol. The molecule has 1 atom stereocenters. The Labute approximate surface area is 168 Å². The number of benzene rings is 3. The Morgan fingerprint density at radius 1 is 0.759 bits per heavy atom. The highest BCUT2D eigenvalue weighted by atomic mass is 16.5. The van der Waals surface area contributed by atoms with Gasteiger partial charge in [0.1, 0.15) is 0 Å². The van der Waals surface area contributed by atoms with E-state index >= 15 is 0 Å². The van der Waals surface area contributed by atoms with Crippen LogP contribution in [0.1, 0.15) is 22.0 Å². The Bertz CT molecular complexity index is 960. The summed E-state index contributed by atoms with van der Waals surface area (Å²) in [7, 11) is 0. The summed E-state index contributed by atoms with van der Waals surface area (Å²) in [6, 6.07) is 25.1. The second kappa shape index (κ2) is 9.85. The second-order valence-corrected chi connectivity index (χ2v) is 6.21. The molecule has 2 N–H and O–H groups in total. The van der Waals surface area contributed by atoms with Crippen LogP contribution in [0.25, 0.3) is 0 Å². The number of carbonyl (C=O) groups excluding carboxylic acids is 3. The van der Waals surface area contributed by atoms with Crippen LogP contribution in [0.2, 0.25) is 0 Å². The molecule has 0 aliphatic rings. The van der Waals surface area contributed by atoms with Crippen molar-refractivity contribution in [1.29, 1.82) is 0 Å². The zero-order valence-corrected chi connectivity index (χ0v) is 15.6. The highest BCUT2D eigenvalue weighted by Crippen LogP contribution is 2.16. The summed E-state index contributed by atoms with van der Waals surface area (Å²) >= 11 is 0. The maximum Gasteiger partial charge on any atom is 0.333 e. The molecule has 29 heavy (non-hydrogen) atoms. The molecule has 0 aliphatic carbocycles. The molecule has 0 fully saturated rings. The molecule has 0 saturated heterocycles. The number of rotatable bonds is 7.